The molecule has 0 aliphatic rings. The molecule has 122 valence electrons. The molecule has 0 saturated heterocycles. The van der Waals surface area contributed by atoms with Crippen LogP contribution in [0.5, 0.6) is 0 Å². The monoisotopic (exact) mass is 328 g/mol. The van der Waals surface area contributed by atoms with Crippen LogP contribution in [-0.4, -0.2) is 10.9 Å². The SMILES string of the molecule is O=C(/C=C/c1ccccn1)Nc1ccc(N=Nc2ccccc2)cc1. The summed E-state index contributed by atoms with van der Waals surface area (Å²) >= 11 is 0. The van der Waals surface area contributed by atoms with E-state index in [9.17, 15) is 4.79 Å². The van der Waals surface area contributed by atoms with E-state index < -0.39 is 0 Å². The Kier molecular flexibility index (Phi) is 5.40. The Morgan fingerprint density at radius 3 is 2.20 bits per heavy atom. The van der Waals surface area contributed by atoms with Crippen LogP contribution in [0.25, 0.3) is 6.08 Å². The van der Waals surface area contributed by atoms with Gasteiger partial charge in [0, 0.05) is 18.0 Å². The Hall–Kier alpha value is -3.60. The topological polar surface area (TPSA) is 66.7 Å². The van der Waals surface area contributed by atoms with E-state index in [1.165, 1.54) is 6.08 Å². The molecule has 0 spiro atoms. The van der Waals surface area contributed by atoms with Crippen molar-refractivity contribution in [2.45, 2.75) is 0 Å². The maximum atomic E-state index is 11.9. The minimum absolute atomic E-state index is 0.218. The predicted octanol–water partition coefficient (Wildman–Crippen LogP) is 5.15. The van der Waals surface area contributed by atoms with Crippen molar-refractivity contribution in [3.05, 3.63) is 90.8 Å². The molecule has 5 heteroatoms. The summed E-state index contributed by atoms with van der Waals surface area (Å²) in [5.74, 6) is -0.218. The molecule has 1 heterocycles. The highest BCUT2D eigenvalue weighted by Crippen LogP contribution is 2.20. The van der Waals surface area contributed by atoms with Gasteiger partial charge in [0.2, 0.25) is 5.91 Å². The quantitative estimate of drug-likeness (QED) is 0.520. The molecular weight excluding hydrogens is 312 g/mol. The molecular formula is C20H16N4O. The first kappa shape index (κ1) is 16.3. The van der Waals surface area contributed by atoms with Gasteiger partial charge in [-0.1, -0.05) is 24.3 Å². The summed E-state index contributed by atoms with van der Waals surface area (Å²) in [7, 11) is 0. The zero-order valence-corrected chi connectivity index (χ0v) is 13.4. The number of hydrogen-bond donors (Lipinski definition) is 1. The number of amides is 1. The Balaban J connectivity index is 1.58. The van der Waals surface area contributed by atoms with Crippen LogP contribution in [0.4, 0.5) is 17.1 Å². The van der Waals surface area contributed by atoms with Crippen LogP contribution in [0.2, 0.25) is 0 Å². The van der Waals surface area contributed by atoms with Crippen molar-refractivity contribution >= 4 is 29.0 Å². The van der Waals surface area contributed by atoms with Crippen LogP contribution in [0.15, 0.2) is 95.3 Å². The van der Waals surface area contributed by atoms with Gasteiger partial charge in [-0.05, 0) is 54.6 Å². The van der Waals surface area contributed by atoms with Gasteiger partial charge in [0.15, 0.2) is 0 Å². The molecule has 25 heavy (non-hydrogen) atoms. The fraction of sp³-hybridized carbons (Fsp3) is 0. The minimum atomic E-state index is -0.218. The van der Waals surface area contributed by atoms with Crippen molar-refractivity contribution in [2.24, 2.45) is 10.2 Å². The van der Waals surface area contributed by atoms with E-state index in [0.717, 1.165) is 11.4 Å². The van der Waals surface area contributed by atoms with E-state index in [0.29, 0.717) is 11.4 Å². The van der Waals surface area contributed by atoms with Crippen LogP contribution in [0.3, 0.4) is 0 Å². The Morgan fingerprint density at radius 2 is 1.52 bits per heavy atom. The Morgan fingerprint density at radius 1 is 0.840 bits per heavy atom. The van der Waals surface area contributed by atoms with Crippen LogP contribution < -0.4 is 5.32 Å². The molecule has 0 unspecified atom stereocenters. The number of hydrogen-bond acceptors (Lipinski definition) is 4. The van der Waals surface area contributed by atoms with E-state index in [1.54, 1.807) is 36.5 Å². The third-order valence-corrected chi connectivity index (χ3v) is 3.27. The summed E-state index contributed by atoms with van der Waals surface area (Å²) in [5.41, 5.74) is 2.93. The van der Waals surface area contributed by atoms with Gasteiger partial charge >= 0.3 is 0 Å². The van der Waals surface area contributed by atoms with Crippen LogP contribution in [0, 0.1) is 0 Å². The number of azo groups is 1. The number of benzene rings is 2. The highest BCUT2D eigenvalue weighted by atomic mass is 16.1. The number of carbonyl (C=O) groups is 1. The standard InChI is InChI=1S/C20H16N4O/c25-20(14-13-16-6-4-5-15-21-16)22-17-9-11-19(12-10-17)24-23-18-7-2-1-3-8-18/h1-15H,(H,22,25)/b14-13+,24-23?. The van der Waals surface area contributed by atoms with Crippen molar-refractivity contribution in [3.8, 4) is 0 Å². The summed E-state index contributed by atoms with van der Waals surface area (Å²) in [4.78, 5) is 16.0. The second-order valence-corrected chi connectivity index (χ2v) is 5.16. The first-order valence-electron chi connectivity index (χ1n) is 7.76. The number of nitrogens with zero attached hydrogens (tertiary/aromatic N) is 3. The van der Waals surface area contributed by atoms with Gasteiger partial charge in [-0.3, -0.25) is 9.78 Å². The average Bonchev–Trinajstić information content (AvgIpc) is 2.67. The third kappa shape index (κ3) is 5.21. The molecule has 0 bridgehead atoms. The average molecular weight is 328 g/mol. The lowest BCUT2D eigenvalue weighted by Crippen LogP contribution is -2.07. The second-order valence-electron chi connectivity index (χ2n) is 5.16. The Bertz CT molecular complexity index is 873. The summed E-state index contributed by atoms with van der Waals surface area (Å²) in [5, 5.41) is 11.1. The first-order valence-corrected chi connectivity index (χ1v) is 7.76. The second kappa shape index (κ2) is 8.31. The zero-order valence-electron chi connectivity index (χ0n) is 13.4. The van der Waals surface area contributed by atoms with Crippen molar-refractivity contribution < 1.29 is 4.79 Å². The van der Waals surface area contributed by atoms with E-state index in [1.807, 2.05) is 48.5 Å². The van der Waals surface area contributed by atoms with Gasteiger partial charge in [-0.25, -0.2) is 0 Å². The van der Waals surface area contributed by atoms with E-state index in [4.69, 9.17) is 0 Å². The fourth-order valence-corrected chi connectivity index (χ4v) is 2.04. The predicted molar refractivity (Wildman–Crippen MR) is 99.0 cm³/mol. The number of pyridine rings is 1. The maximum absolute atomic E-state index is 11.9. The highest BCUT2D eigenvalue weighted by Gasteiger charge is 1.98. The largest absolute Gasteiger partial charge is 0.323 e. The molecule has 1 amide bonds. The lowest BCUT2D eigenvalue weighted by atomic mass is 10.2. The molecule has 5 nitrogen and oxygen atoms in total. The molecule has 1 N–H and O–H groups in total. The van der Waals surface area contributed by atoms with Gasteiger partial charge in [0.1, 0.15) is 0 Å². The van der Waals surface area contributed by atoms with Crippen molar-refractivity contribution in [2.75, 3.05) is 5.32 Å². The van der Waals surface area contributed by atoms with Crippen molar-refractivity contribution in [1.29, 1.82) is 0 Å². The smallest absolute Gasteiger partial charge is 0.248 e. The summed E-state index contributed by atoms with van der Waals surface area (Å²) in [6.45, 7) is 0. The molecule has 0 aliphatic heterocycles. The summed E-state index contributed by atoms with van der Waals surface area (Å²) < 4.78 is 0. The minimum Gasteiger partial charge on any atom is -0.323 e. The number of anilines is 1. The van der Waals surface area contributed by atoms with E-state index in [2.05, 4.69) is 20.5 Å². The Labute approximate surface area is 145 Å². The molecule has 0 aliphatic carbocycles. The molecule has 1 aromatic heterocycles. The van der Waals surface area contributed by atoms with Crippen LogP contribution in [0.1, 0.15) is 5.69 Å². The number of carbonyl (C=O) groups excluding carboxylic acids is 1. The number of rotatable bonds is 5. The van der Waals surface area contributed by atoms with Crippen molar-refractivity contribution in [1.82, 2.24) is 4.98 Å². The molecule has 0 radical (unpaired) electrons. The highest BCUT2D eigenvalue weighted by molar-refractivity contribution is 6.01. The van der Waals surface area contributed by atoms with E-state index in [-0.39, 0.29) is 5.91 Å². The number of nitrogens with one attached hydrogen (secondary N) is 1. The molecule has 3 aromatic rings. The first-order chi connectivity index (χ1) is 12.3. The van der Waals surface area contributed by atoms with Gasteiger partial charge in [-0.2, -0.15) is 10.2 Å². The number of aromatic nitrogens is 1. The maximum Gasteiger partial charge on any atom is 0.248 e. The van der Waals surface area contributed by atoms with Gasteiger partial charge in [-0.15, -0.1) is 0 Å². The van der Waals surface area contributed by atoms with Gasteiger partial charge in [0.05, 0.1) is 17.1 Å². The fourth-order valence-electron chi connectivity index (χ4n) is 2.04. The summed E-state index contributed by atoms with van der Waals surface area (Å²) in [6, 6.07) is 22.2. The normalized spacial score (nSPS) is 11.0. The van der Waals surface area contributed by atoms with Crippen molar-refractivity contribution in [3.63, 3.8) is 0 Å². The molecule has 2 aromatic carbocycles. The van der Waals surface area contributed by atoms with Gasteiger partial charge in [0.25, 0.3) is 0 Å². The van der Waals surface area contributed by atoms with Crippen LogP contribution in [-0.2, 0) is 4.79 Å². The van der Waals surface area contributed by atoms with Gasteiger partial charge < -0.3 is 5.32 Å². The molecule has 0 saturated carbocycles. The lowest BCUT2D eigenvalue weighted by molar-refractivity contribution is -0.111. The summed E-state index contributed by atoms with van der Waals surface area (Å²) in [6.07, 6.45) is 4.80. The zero-order chi connectivity index (χ0) is 17.3. The molecule has 3 rings (SSSR count). The molecule has 0 atom stereocenters. The van der Waals surface area contributed by atoms with Crippen LogP contribution >= 0.6 is 0 Å². The van der Waals surface area contributed by atoms with E-state index >= 15 is 0 Å². The third-order valence-electron chi connectivity index (χ3n) is 3.27. The lowest BCUT2D eigenvalue weighted by Gasteiger charge is -2.02. The molecule has 0 fully saturated rings.